The van der Waals surface area contributed by atoms with E-state index in [0.29, 0.717) is 23.5 Å². The second kappa shape index (κ2) is 9.77. The average molecular weight is 448 g/mol. The first-order valence-corrected chi connectivity index (χ1v) is 12.1. The molecule has 3 amide bonds. The van der Waals surface area contributed by atoms with E-state index in [1.165, 1.54) is 6.92 Å². The van der Waals surface area contributed by atoms with Crippen LogP contribution in [0.3, 0.4) is 0 Å². The number of carbonyl (C=O) groups excluding carboxylic acids is 3. The maximum atomic E-state index is 13.9. The number of fused-ring (bicyclic) bond motifs is 1. The van der Waals surface area contributed by atoms with Gasteiger partial charge in [0.1, 0.15) is 0 Å². The van der Waals surface area contributed by atoms with Crippen molar-refractivity contribution in [3.63, 3.8) is 0 Å². The Labute approximate surface area is 195 Å². The minimum atomic E-state index is -0.502. The summed E-state index contributed by atoms with van der Waals surface area (Å²) in [6.07, 6.45) is 6.74. The molecule has 1 fully saturated rings. The van der Waals surface area contributed by atoms with Crippen LogP contribution in [0, 0.1) is 0 Å². The summed E-state index contributed by atoms with van der Waals surface area (Å²) in [7, 11) is 0. The van der Waals surface area contributed by atoms with Gasteiger partial charge in [0.25, 0.3) is 5.91 Å². The Morgan fingerprint density at radius 1 is 1.00 bits per heavy atom. The van der Waals surface area contributed by atoms with Crippen molar-refractivity contribution in [2.24, 2.45) is 0 Å². The summed E-state index contributed by atoms with van der Waals surface area (Å²) >= 11 is 0. The number of hydrogen-bond acceptors (Lipinski definition) is 3. The summed E-state index contributed by atoms with van der Waals surface area (Å²) in [6, 6.07) is 14.8. The third kappa shape index (κ3) is 4.52. The second-order valence-electron chi connectivity index (χ2n) is 9.25. The van der Waals surface area contributed by atoms with Gasteiger partial charge >= 0.3 is 0 Å². The Hall–Kier alpha value is -3.15. The molecular weight excluding hydrogens is 414 g/mol. The van der Waals surface area contributed by atoms with Crippen molar-refractivity contribution in [2.75, 3.05) is 17.2 Å². The summed E-state index contributed by atoms with van der Waals surface area (Å²) in [5.41, 5.74) is 2.23. The molecule has 1 aliphatic carbocycles. The second-order valence-corrected chi connectivity index (χ2v) is 9.25. The lowest BCUT2D eigenvalue weighted by atomic mass is 9.65. The maximum Gasteiger partial charge on any atom is 0.254 e. The Balaban J connectivity index is 1.74. The lowest BCUT2D eigenvalue weighted by Gasteiger charge is -2.53. The smallest absolute Gasteiger partial charge is 0.254 e. The molecule has 0 bridgehead atoms. The summed E-state index contributed by atoms with van der Waals surface area (Å²) in [5, 5.41) is 5.86. The zero-order valence-corrected chi connectivity index (χ0v) is 19.5. The Bertz CT molecular complexity index is 1040. The predicted octanol–water partition coefficient (Wildman–Crippen LogP) is 5.33. The molecule has 2 aromatic carbocycles. The molecule has 33 heavy (non-hydrogen) atoms. The van der Waals surface area contributed by atoms with Crippen LogP contribution in [0.2, 0.25) is 0 Å². The van der Waals surface area contributed by atoms with Gasteiger partial charge in [0.15, 0.2) is 0 Å². The zero-order chi connectivity index (χ0) is 23.4. The van der Waals surface area contributed by atoms with E-state index in [2.05, 4.69) is 17.6 Å². The molecule has 174 valence electrons. The third-order valence-electron chi connectivity index (χ3n) is 6.99. The van der Waals surface area contributed by atoms with Crippen LogP contribution in [0.1, 0.15) is 80.6 Å². The monoisotopic (exact) mass is 447 g/mol. The maximum absolute atomic E-state index is 13.9. The number of hydrogen-bond donors (Lipinski definition) is 2. The van der Waals surface area contributed by atoms with E-state index in [0.717, 1.165) is 50.5 Å². The van der Waals surface area contributed by atoms with Crippen molar-refractivity contribution in [1.82, 2.24) is 4.90 Å². The van der Waals surface area contributed by atoms with Crippen LogP contribution in [0.4, 0.5) is 11.4 Å². The van der Waals surface area contributed by atoms with Gasteiger partial charge in [-0.05, 0) is 49.1 Å². The molecule has 1 heterocycles. The molecule has 0 unspecified atom stereocenters. The zero-order valence-electron chi connectivity index (χ0n) is 19.5. The van der Waals surface area contributed by atoms with Crippen molar-refractivity contribution in [3.8, 4) is 0 Å². The Morgan fingerprint density at radius 3 is 2.39 bits per heavy atom. The highest BCUT2D eigenvalue weighted by Gasteiger charge is 2.54. The van der Waals surface area contributed by atoms with Crippen molar-refractivity contribution >= 4 is 29.1 Å². The minimum absolute atomic E-state index is 0.0534. The number of nitrogens with one attached hydrogen (secondary N) is 2. The van der Waals surface area contributed by atoms with Crippen molar-refractivity contribution < 1.29 is 14.4 Å². The number of nitrogens with zero attached hydrogens (tertiary/aromatic N) is 1. The highest BCUT2D eigenvalue weighted by atomic mass is 16.2. The van der Waals surface area contributed by atoms with Crippen LogP contribution in [0.5, 0.6) is 0 Å². The molecule has 1 saturated carbocycles. The van der Waals surface area contributed by atoms with Gasteiger partial charge in [-0.25, -0.2) is 0 Å². The number of carbonyl (C=O) groups is 3. The van der Waals surface area contributed by atoms with E-state index in [9.17, 15) is 14.4 Å². The van der Waals surface area contributed by atoms with Gasteiger partial charge in [0.2, 0.25) is 11.8 Å². The normalized spacial score (nSPS) is 19.2. The SMILES string of the molecule is CCCCN1C(=O)c2ccccc2[C@H](C(=O)Nc2cccc(NC(C)=O)c2)C12CCCCC2. The lowest BCUT2D eigenvalue weighted by molar-refractivity contribution is -0.122. The molecule has 6 heteroatoms. The molecule has 0 radical (unpaired) electrons. The van der Waals surface area contributed by atoms with Gasteiger partial charge in [-0.2, -0.15) is 0 Å². The third-order valence-corrected chi connectivity index (χ3v) is 6.99. The van der Waals surface area contributed by atoms with E-state index in [4.69, 9.17) is 0 Å². The van der Waals surface area contributed by atoms with Crippen molar-refractivity contribution in [2.45, 2.75) is 70.3 Å². The summed E-state index contributed by atoms with van der Waals surface area (Å²) in [5.74, 6) is -0.644. The first-order valence-electron chi connectivity index (χ1n) is 12.1. The molecule has 0 saturated heterocycles. The van der Waals surface area contributed by atoms with Crippen LogP contribution in [-0.2, 0) is 9.59 Å². The molecule has 2 aromatic rings. The molecule has 0 aromatic heterocycles. The van der Waals surface area contributed by atoms with Gasteiger partial charge in [0, 0.05) is 30.4 Å². The van der Waals surface area contributed by atoms with Gasteiger partial charge < -0.3 is 15.5 Å². The largest absolute Gasteiger partial charge is 0.332 e. The van der Waals surface area contributed by atoms with Gasteiger partial charge in [0.05, 0.1) is 11.5 Å². The minimum Gasteiger partial charge on any atom is -0.332 e. The number of amides is 3. The topological polar surface area (TPSA) is 78.5 Å². The molecule has 1 spiro atoms. The van der Waals surface area contributed by atoms with Crippen LogP contribution < -0.4 is 10.6 Å². The van der Waals surface area contributed by atoms with E-state index < -0.39 is 11.5 Å². The molecule has 1 aliphatic heterocycles. The van der Waals surface area contributed by atoms with Crippen LogP contribution >= 0.6 is 0 Å². The predicted molar refractivity (Wildman–Crippen MR) is 130 cm³/mol. The molecule has 1 atom stereocenters. The molecule has 6 nitrogen and oxygen atoms in total. The summed E-state index contributed by atoms with van der Waals surface area (Å²) in [6.45, 7) is 4.26. The summed E-state index contributed by atoms with van der Waals surface area (Å²) in [4.78, 5) is 41.0. The van der Waals surface area contributed by atoms with Crippen LogP contribution in [-0.4, -0.2) is 34.7 Å². The van der Waals surface area contributed by atoms with Gasteiger partial charge in [-0.3, -0.25) is 14.4 Å². The number of anilines is 2. The van der Waals surface area contributed by atoms with Crippen LogP contribution in [0.25, 0.3) is 0 Å². The lowest BCUT2D eigenvalue weighted by Crippen LogP contribution is -2.62. The fraction of sp³-hybridized carbons (Fsp3) is 0.444. The quantitative estimate of drug-likeness (QED) is 0.629. The van der Waals surface area contributed by atoms with Gasteiger partial charge in [-0.1, -0.05) is 56.9 Å². The van der Waals surface area contributed by atoms with Gasteiger partial charge in [-0.15, -0.1) is 0 Å². The molecule has 2 N–H and O–H groups in total. The van der Waals surface area contributed by atoms with E-state index in [1.807, 2.05) is 41.3 Å². The first kappa shape index (κ1) is 23.0. The van der Waals surface area contributed by atoms with E-state index in [-0.39, 0.29) is 17.7 Å². The first-order chi connectivity index (χ1) is 16.0. The number of benzene rings is 2. The highest BCUT2D eigenvalue weighted by molar-refractivity contribution is 6.05. The number of unbranched alkanes of at least 4 members (excludes halogenated alkanes) is 1. The Morgan fingerprint density at radius 2 is 1.70 bits per heavy atom. The molecular formula is C27H33N3O3. The Kier molecular flexibility index (Phi) is 6.82. The van der Waals surface area contributed by atoms with E-state index in [1.54, 1.807) is 12.1 Å². The number of rotatable bonds is 6. The van der Waals surface area contributed by atoms with E-state index >= 15 is 0 Å². The van der Waals surface area contributed by atoms with Crippen molar-refractivity contribution in [1.29, 1.82) is 0 Å². The fourth-order valence-corrected chi connectivity index (χ4v) is 5.58. The molecule has 2 aliphatic rings. The van der Waals surface area contributed by atoms with Crippen molar-refractivity contribution in [3.05, 3.63) is 59.7 Å². The van der Waals surface area contributed by atoms with Crippen LogP contribution in [0.15, 0.2) is 48.5 Å². The average Bonchev–Trinajstić information content (AvgIpc) is 2.79. The molecule has 4 rings (SSSR count). The highest BCUT2D eigenvalue weighted by Crippen LogP contribution is 2.49. The standard InChI is InChI=1S/C27H33N3O3/c1-3-4-17-30-26(33)23-14-7-6-13-22(23)24(27(30)15-8-5-9-16-27)25(32)29-21-12-10-11-20(18-21)28-19(2)31/h6-7,10-14,18,24H,3-5,8-9,15-17H2,1-2H3,(H,28,31)(H,29,32)/t24-/m1/s1. The summed E-state index contributed by atoms with van der Waals surface area (Å²) < 4.78 is 0. The fourth-order valence-electron chi connectivity index (χ4n) is 5.58.